The van der Waals surface area contributed by atoms with E-state index in [9.17, 15) is 4.79 Å². The molecule has 0 heterocycles. The Labute approximate surface area is 126 Å². The minimum absolute atomic E-state index is 0.0713. The third kappa shape index (κ3) is 22.6. The van der Waals surface area contributed by atoms with E-state index in [-0.39, 0.29) is 5.97 Å². The van der Waals surface area contributed by atoms with Crippen molar-refractivity contribution in [1.82, 2.24) is 0 Å². The molecule has 0 aliphatic rings. The number of hydrogen-bond acceptors (Lipinski definition) is 3. The van der Waals surface area contributed by atoms with E-state index in [1.807, 2.05) is 6.92 Å². The van der Waals surface area contributed by atoms with Gasteiger partial charge in [0.05, 0.1) is 6.61 Å². The van der Waals surface area contributed by atoms with Crippen molar-refractivity contribution < 1.29 is 14.6 Å². The van der Waals surface area contributed by atoms with Crippen molar-refractivity contribution in [3.05, 3.63) is 0 Å². The van der Waals surface area contributed by atoms with Crippen molar-refractivity contribution in [3.63, 3.8) is 0 Å². The summed E-state index contributed by atoms with van der Waals surface area (Å²) in [5, 5.41) is 8.07. The Balaban J connectivity index is 0. The maximum atomic E-state index is 10.8. The van der Waals surface area contributed by atoms with Crippen LogP contribution < -0.4 is 0 Å². The molecule has 0 aromatic carbocycles. The molecule has 0 aromatic heterocycles. The Bertz CT molecular complexity index is 179. The lowest BCUT2D eigenvalue weighted by Gasteiger charge is -2.03. The molecule has 0 rings (SSSR count). The van der Waals surface area contributed by atoms with E-state index in [0.29, 0.717) is 19.6 Å². The number of ether oxygens (including phenoxy) is 1. The number of esters is 1. The van der Waals surface area contributed by atoms with Crippen molar-refractivity contribution in [2.75, 3.05) is 13.2 Å². The molecule has 0 fully saturated rings. The summed E-state index contributed by atoms with van der Waals surface area (Å²) in [7, 11) is 0. The molecule has 0 aliphatic heterocycles. The van der Waals surface area contributed by atoms with Crippen LogP contribution in [0.2, 0.25) is 0 Å². The second kappa shape index (κ2) is 20.7. The van der Waals surface area contributed by atoms with Crippen LogP contribution in [-0.4, -0.2) is 24.3 Å². The number of aliphatic hydroxyl groups excluding tert-OH is 1. The lowest BCUT2D eigenvalue weighted by molar-refractivity contribution is -0.143. The van der Waals surface area contributed by atoms with E-state index in [0.717, 1.165) is 19.3 Å². The lowest BCUT2D eigenvalue weighted by atomic mass is 10.1. The summed E-state index contributed by atoms with van der Waals surface area (Å²) in [6.45, 7) is 7.08. The highest BCUT2D eigenvalue weighted by atomic mass is 16.5. The first-order valence-electron chi connectivity index (χ1n) is 8.49. The highest BCUT2D eigenvalue weighted by Crippen LogP contribution is 2.08. The first-order chi connectivity index (χ1) is 9.72. The van der Waals surface area contributed by atoms with Crippen molar-refractivity contribution >= 4 is 5.97 Å². The summed E-state index contributed by atoms with van der Waals surface area (Å²) in [5.41, 5.74) is 0. The molecule has 0 saturated heterocycles. The van der Waals surface area contributed by atoms with E-state index in [1.54, 1.807) is 0 Å². The van der Waals surface area contributed by atoms with Crippen LogP contribution in [0.15, 0.2) is 0 Å². The molecule has 0 amide bonds. The van der Waals surface area contributed by atoms with Crippen LogP contribution in [0.5, 0.6) is 0 Å². The van der Waals surface area contributed by atoms with Gasteiger partial charge in [-0.05, 0) is 12.8 Å². The number of carbonyl (C=O) groups is 1. The zero-order valence-corrected chi connectivity index (χ0v) is 14.0. The standard InChI is InChI=1S/C13H26O2.C4H10O/c1-3-5-6-7-8-9-10-11-12-15-13(14)4-2;1-2-3-4-5/h3-12H2,1-2H3;5H,2-4H2,1H3. The van der Waals surface area contributed by atoms with Gasteiger partial charge in [0.15, 0.2) is 0 Å². The quantitative estimate of drug-likeness (QED) is 0.412. The van der Waals surface area contributed by atoms with Gasteiger partial charge >= 0.3 is 5.97 Å². The molecule has 0 atom stereocenters. The van der Waals surface area contributed by atoms with Crippen molar-refractivity contribution in [2.45, 2.75) is 91.4 Å². The highest BCUT2D eigenvalue weighted by molar-refractivity contribution is 5.68. The topological polar surface area (TPSA) is 46.5 Å². The number of hydrogen-bond donors (Lipinski definition) is 1. The molecule has 3 nitrogen and oxygen atoms in total. The Kier molecular flexibility index (Phi) is 22.5. The number of rotatable bonds is 12. The number of unbranched alkanes of at least 4 members (excludes halogenated alkanes) is 8. The monoisotopic (exact) mass is 288 g/mol. The highest BCUT2D eigenvalue weighted by Gasteiger charge is 1.97. The summed E-state index contributed by atoms with van der Waals surface area (Å²) in [6.07, 6.45) is 12.8. The summed E-state index contributed by atoms with van der Waals surface area (Å²) in [5.74, 6) is -0.0713. The smallest absolute Gasteiger partial charge is 0.305 e. The van der Waals surface area contributed by atoms with Gasteiger partial charge in [0.1, 0.15) is 0 Å². The van der Waals surface area contributed by atoms with Gasteiger partial charge in [0.2, 0.25) is 0 Å². The van der Waals surface area contributed by atoms with Crippen LogP contribution in [0.1, 0.15) is 91.4 Å². The predicted molar refractivity (Wildman–Crippen MR) is 85.9 cm³/mol. The van der Waals surface area contributed by atoms with Gasteiger partial charge in [-0.2, -0.15) is 0 Å². The molecule has 3 heteroatoms. The Morgan fingerprint density at radius 2 is 1.30 bits per heavy atom. The molecule has 20 heavy (non-hydrogen) atoms. The lowest BCUT2D eigenvalue weighted by Crippen LogP contribution is -2.03. The fourth-order valence-corrected chi connectivity index (χ4v) is 1.68. The maximum Gasteiger partial charge on any atom is 0.305 e. The van der Waals surface area contributed by atoms with Crippen molar-refractivity contribution in [3.8, 4) is 0 Å². The fraction of sp³-hybridized carbons (Fsp3) is 0.941. The third-order valence-corrected chi connectivity index (χ3v) is 3.06. The van der Waals surface area contributed by atoms with Gasteiger partial charge in [-0.1, -0.05) is 72.1 Å². The van der Waals surface area contributed by atoms with Crippen LogP contribution in [0.3, 0.4) is 0 Å². The molecule has 0 aromatic rings. The normalized spacial score (nSPS) is 9.80. The molecule has 122 valence electrons. The van der Waals surface area contributed by atoms with Gasteiger partial charge in [0, 0.05) is 13.0 Å². The molecule has 0 unspecified atom stereocenters. The third-order valence-electron chi connectivity index (χ3n) is 3.06. The second-order valence-corrected chi connectivity index (χ2v) is 5.13. The first kappa shape index (κ1) is 21.7. The molecule has 0 saturated carbocycles. The largest absolute Gasteiger partial charge is 0.466 e. The predicted octanol–water partition coefficient (Wildman–Crippen LogP) is 4.86. The van der Waals surface area contributed by atoms with E-state index in [1.165, 1.54) is 44.9 Å². The van der Waals surface area contributed by atoms with E-state index in [4.69, 9.17) is 9.84 Å². The number of aliphatic hydroxyl groups is 1. The summed E-state index contributed by atoms with van der Waals surface area (Å²) >= 11 is 0. The Hall–Kier alpha value is -0.570. The molecule has 1 N–H and O–H groups in total. The van der Waals surface area contributed by atoms with Gasteiger partial charge in [0.25, 0.3) is 0 Å². The van der Waals surface area contributed by atoms with Gasteiger partial charge in [-0.15, -0.1) is 0 Å². The minimum Gasteiger partial charge on any atom is -0.466 e. The first-order valence-corrected chi connectivity index (χ1v) is 8.49. The van der Waals surface area contributed by atoms with Crippen LogP contribution in [-0.2, 0) is 9.53 Å². The Morgan fingerprint density at radius 3 is 1.70 bits per heavy atom. The van der Waals surface area contributed by atoms with Gasteiger partial charge in [-0.25, -0.2) is 0 Å². The molecule has 0 radical (unpaired) electrons. The zero-order valence-electron chi connectivity index (χ0n) is 14.0. The van der Waals surface area contributed by atoms with Crippen molar-refractivity contribution in [2.24, 2.45) is 0 Å². The van der Waals surface area contributed by atoms with Gasteiger partial charge in [-0.3, -0.25) is 4.79 Å². The SMILES string of the molecule is CCCCCCCCCCOC(=O)CC.CCCCO. The number of carbonyl (C=O) groups excluding carboxylic acids is 1. The average Bonchev–Trinajstić information content (AvgIpc) is 2.46. The maximum absolute atomic E-state index is 10.8. The fourth-order valence-electron chi connectivity index (χ4n) is 1.68. The molecule has 0 bridgehead atoms. The minimum atomic E-state index is -0.0713. The summed E-state index contributed by atoms with van der Waals surface area (Å²) < 4.78 is 5.00. The molecule has 0 spiro atoms. The second-order valence-electron chi connectivity index (χ2n) is 5.13. The van der Waals surface area contributed by atoms with Crippen LogP contribution in [0, 0.1) is 0 Å². The van der Waals surface area contributed by atoms with E-state index < -0.39 is 0 Å². The summed E-state index contributed by atoms with van der Waals surface area (Å²) in [6, 6.07) is 0. The Morgan fingerprint density at radius 1 is 0.800 bits per heavy atom. The molecule has 0 aliphatic carbocycles. The van der Waals surface area contributed by atoms with Gasteiger partial charge < -0.3 is 9.84 Å². The van der Waals surface area contributed by atoms with Crippen LogP contribution in [0.25, 0.3) is 0 Å². The summed E-state index contributed by atoms with van der Waals surface area (Å²) in [4.78, 5) is 10.8. The van der Waals surface area contributed by atoms with Crippen LogP contribution in [0.4, 0.5) is 0 Å². The van der Waals surface area contributed by atoms with E-state index >= 15 is 0 Å². The zero-order chi connectivity index (χ0) is 15.5. The van der Waals surface area contributed by atoms with Crippen LogP contribution >= 0.6 is 0 Å². The molecular weight excluding hydrogens is 252 g/mol. The van der Waals surface area contributed by atoms with E-state index in [2.05, 4.69) is 13.8 Å². The van der Waals surface area contributed by atoms with Crippen molar-refractivity contribution in [1.29, 1.82) is 0 Å². The average molecular weight is 288 g/mol. The molecular formula is C17H36O3.